The Labute approximate surface area is 158 Å². The third kappa shape index (κ3) is 3.27. The van der Waals surface area contributed by atoms with Crippen LogP contribution < -0.4 is 9.62 Å². The van der Waals surface area contributed by atoms with Gasteiger partial charge in [0.25, 0.3) is 10.0 Å². The summed E-state index contributed by atoms with van der Waals surface area (Å²) in [5.41, 5.74) is 1.54. The first kappa shape index (κ1) is 17.9. The van der Waals surface area contributed by atoms with Gasteiger partial charge in [0.1, 0.15) is 12.3 Å². The number of hydrogen-bond donors (Lipinski definition) is 2. The third-order valence-corrected chi connectivity index (χ3v) is 7.07. The molecule has 0 unspecified atom stereocenters. The average molecular weight is 386 g/mol. The summed E-state index contributed by atoms with van der Waals surface area (Å²) in [7, 11) is -3.85. The van der Waals surface area contributed by atoms with E-state index in [1.165, 1.54) is 24.6 Å². The smallest absolute Gasteiger partial charge is 0.265 e. The van der Waals surface area contributed by atoms with Gasteiger partial charge in [-0.3, -0.25) is 9.10 Å². The fourth-order valence-corrected chi connectivity index (χ4v) is 5.59. The fourth-order valence-electron chi connectivity index (χ4n) is 3.94. The Morgan fingerprint density at radius 3 is 2.59 bits per heavy atom. The number of aromatic hydroxyl groups is 1. The average Bonchev–Trinajstić information content (AvgIpc) is 2.66. The van der Waals surface area contributed by atoms with Crippen LogP contribution in [0, 0.1) is 0 Å². The van der Waals surface area contributed by atoms with Crippen LogP contribution in [0.3, 0.4) is 0 Å². The standard InChI is InChI=1S/C20H22N2O4S/c23-15-10-11-18-17(12-15)16-8-4-5-9-19(16)27(25,26)22(18)13-20(24)21-14-6-2-1-3-7-14/h4-5,8-12,14,23H,1-3,6-7,13H2,(H,21,24). The monoisotopic (exact) mass is 386 g/mol. The number of phenols is 1. The first-order valence-electron chi connectivity index (χ1n) is 9.21. The highest BCUT2D eigenvalue weighted by Gasteiger charge is 2.36. The molecule has 0 atom stereocenters. The Hall–Kier alpha value is -2.54. The van der Waals surface area contributed by atoms with Gasteiger partial charge in [-0.05, 0) is 37.1 Å². The van der Waals surface area contributed by atoms with Crippen LogP contribution in [0.1, 0.15) is 32.1 Å². The maximum atomic E-state index is 13.2. The molecule has 1 heterocycles. The van der Waals surface area contributed by atoms with Crippen LogP contribution >= 0.6 is 0 Å². The van der Waals surface area contributed by atoms with Gasteiger partial charge >= 0.3 is 0 Å². The number of fused-ring (bicyclic) bond motifs is 3. The van der Waals surface area contributed by atoms with Gasteiger partial charge < -0.3 is 10.4 Å². The maximum absolute atomic E-state index is 13.2. The zero-order valence-corrected chi connectivity index (χ0v) is 15.7. The van der Waals surface area contributed by atoms with Gasteiger partial charge in [-0.1, -0.05) is 37.5 Å². The molecule has 0 spiro atoms. The van der Waals surface area contributed by atoms with E-state index in [0.717, 1.165) is 30.0 Å². The van der Waals surface area contributed by atoms with Crippen LogP contribution in [0.5, 0.6) is 5.75 Å². The molecule has 1 fully saturated rings. The van der Waals surface area contributed by atoms with Crippen LogP contribution in [0.4, 0.5) is 5.69 Å². The van der Waals surface area contributed by atoms with Crippen molar-refractivity contribution in [3.05, 3.63) is 42.5 Å². The number of nitrogens with zero attached hydrogens (tertiary/aromatic N) is 1. The zero-order chi connectivity index (χ0) is 19.0. The molecule has 7 heteroatoms. The molecule has 2 aliphatic rings. The lowest BCUT2D eigenvalue weighted by molar-refractivity contribution is -0.120. The summed E-state index contributed by atoms with van der Waals surface area (Å²) in [6.07, 6.45) is 5.23. The van der Waals surface area contributed by atoms with Crippen molar-refractivity contribution >= 4 is 21.6 Å². The molecule has 2 N–H and O–H groups in total. The molecule has 0 saturated heterocycles. The highest BCUT2D eigenvalue weighted by atomic mass is 32.2. The number of carbonyl (C=O) groups excluding carboxylic acids is 1. The Balaban J connectivity index is 1.69. The van der Waals surface area contributed by atoms with Crippen LogP contribution in [-0.4, -0.2) is 32.0 Å². The summed E-state index contributed by atoms with van der Waals surface area (Å²) >= 11 is 0. The molecule has 142 valence electrons. The summed E-state index contributed by atoms with van der Waals surface area (Å²) < 4.78 is 27.5. The number of rotatable bonds is 3. The number of nitrogens with one attached hydrogen (secondary N) is 1. The van der Waals surface area contributed by atoms with Gasteiger partial charge in [0.2, 0.25) is 5.91 Å². The summed E-state index contributed by atoms with van der Waals surface area (Å²) in [4.78, 5) is 12.7. The van der Waals surface area contributed by atoms with Crippen LogP contribution in [0.15, 0.2) is 47.4 Å². The molecule has 4 rings (SSSR count). The van der Waals surface area contributed by atoms with Gasteiger partial charge in [0, 0.05) is 17.2 Å². The molecule has 0 bridgehead atoms. The van der Waals surface area contributed by atoms with Crippen molar-refractivity contribution in [3.8, 4) is 16.9 Å². The number of sulfonamides is 1. The molecule has 1 aliphatic heterocycles. The van der Waals surface area contributed by atoms with Gasteiger partial charge in [-0.15, -0.1) is 0 Å². The molecule has 2 aromatic rings. The van der Waals surface area contributed by atoms with Crippen molar-refractivity contribution in [1.29, 1.82) is 0 Å². The molecular weight excluding hydrogens is 364 g/mol. The summed E-state index contributed by atoms with van der Waals surface area (Å²) in [5.74, 6) is -0.252. The normalized spacial score (nSPS) is 18.4. The predicted molar refractivity (Wildman–Crippen MR) is 103 cm³/mol. The van der Waals surface area contributed by atoms with E-state index in [9.17, 15) is 18.3 Å². The topological polar surface area (TPSA) is 86.7 Å². The quantitative estimate of drug-likeness (QED) is 0.849. The van der Waals surface area contributed by atoms with Gasteiger partial charge in [0.15, 0.2) is 0 Å². The van der Waals surface area contributed by atoms with E-state index < -0.39 is 10.0 Å². The predicted octanol–water partition coefficient (Wildman–Crippen LogP) is 3.02. The molecule has 6 nitrogen and oxygen atoms in total. The maximum Gasteiger partial charge on any atom is 0.265 e. The second-order valence-corrected chi connectivity index (χ2v) is 8.94. The van der Waals surface area contributed by atoms with Crippen molar-refractivity contribution in [2.45, 2.75) is 43.0 Å². The van der Waals surface area contributed by atoms with E-state index in [0.29, 0.717) is 16.8 Å². The molecule has 0 aromatic heterocycles. The van der Waals surface area contributed by atoms with E-state index in [1.807, 2.05) is 0 Å². The molecule has 1 aliphatic carbocycles. The van der Waals surface area contributed by atoms with Gasteiger partial charge in [0.05, 0.1) is 10.6 Å². The molecule has 27 heavy (non-hydrogen) atoms. The van der Waals surface area contributed by atoms with E-state index in [2.05, 4.69) is 5.32 Å². The van der Waals surface area contributed by atoms with Crippen molar-refractivity contribution in [2.24, 2.45) is 0 Å². The number of anilines is 1. The summed E-state index contributed by atoms with van der Waals surface area (Å²) in [5, 5.41) is 12.9. The number of carbonyl (C=O) groups is 1. The lowest BCUT2D eigenvalue weighted by atomic mass is 9.95. The van der Waals surface area contributed by atoms with E-state index >= 15 is 0 Å². The second kappa shape index (κ2) is 6.88. The van der Waals surface area contributed by atoms with Gasteiger partial charge in [-0.2, -0.15) is 0 Å². The molecule has 1 saturated carbocycles. The first-order chi connectivity index (χ1) is 13.0. The van der Waals surface area contributed by atoms with Crippen LogP contribution in [0.2, 0.25) is 0 Å². The van der Waals surface area contributed by atoms with Crippen molar-refractivity contribution in [2.75, 3.05) is 10.8 Å². The number of amides is 1. The van der Waals surface area contributed by atoms with Crippen molar-refractivity contribution < 1.29 is 18.3 Å². The van der Waals surface area contributed by atoms with Crippen LogP contribution in [-0.2, 0) is 14.8 Å². The third-order valence-electron chi connectivity index (χ3n) is 5.25. The molecule has 2 aromatic carbocycles. The highest BCUT2D eigenvalue weighted by Crippen LogP contribution is 2.44. The molecular formula is C20H22N2O4S. The largest absolute Gasteiger partial charge is 0.508 e. The highest BCUT2D eigenvalue weighted by molar-refractivity contribution is 7.93. The fraction of sp³-hybridized carbons (Fsp3) is 0.350. The first-order valence-corrected chi connectivity index (χ1v) is 10.7. The van der Waals surface area contributed by atoms with E-state index in [1.54, 1.807) is 24.3 Å². The molecule has 0 radical (unpaired) electrons. The van der Waals surface area contributed by atoms with E-state index in [4.69, 9.17) is 0 Å². The minimum absolute atomic E-state index is 0.0504. The Morgan fingerprint density at radius 2 is 1.81 bits per heavy atom. The second-order valence-electron chi connectivity index (χ2n) is 7.11. The minimum atomic E-state index is -3.85. The van der Waals surface area contributed by atoms with Crippen molar-refractivity contribution in [3.63, 3.8) is 0 Å². The van der Waals surface area contributed by atoms with Crippen LogP contribution in [0.25, 0.3) is 11.1 Å². The minimum Gasteiger partial charge on any atom is -0.508 e. The lowest BCUT2D eigenvalue weighted by Gasteiger charge is -2.32. The Morgan fingerprint density at radius 1 is 1.07 bits per heavy atom. The number of benzene rings is 2. The SMILES string of the molecule is O=C(CN1c2ccc(O)cc2-c2ccccc2S1(=O)=O)NC1CCCCC1. The van der Waals surface area contributed by atoms with E-state index in [-0.39, 0.29) is 29.1 Å². The molecule has 1 amide bonds. The zero-order valence-electron chi connectivity index (χ0n) is 14.9. The Kier molecular flexibility index (Phi) is 4.55. The van der Waals surface area contributed by atoms with Gasteiger partial charge in [-0.25, -0.2) is 8.42 Å². The number of phenolic OH excluding ortho intramolecular Hbond substituents is 1. The summed E-state index contributed by atoms with van der Waals surface area (Å²) in [6, 6.07) is 11.3. The lowest BCUT2D eigenvalue weighted by Crippen LogP contribution is -2.45. The number of hydrogen-bond acceptors (Lipinski definition) is 4. The Bertz CT molecular complexity index is 981. The van der Waals surface area contributed by atoms with Crippen molar-refractivity contribution in [1.82, 2.24) is 5.32 Å². The summed E-state index contributed by atoms with van der Waals surface area (Å²) in [6.45, 7) is -0.273.